The van der Waals surface area contributed by atoms with E-state index < -0.39 is 11.6 Å². The molecule has 1 atom stereocenters. The third-order valence-electron chi connectivity index (χ3n) is 3.00. The molecular formula is C14H26N2O3. The van der Waals surface area contributed by atoms with Crippen molar-refractivity contribution in [3.8, 4) is 0 Å². The number of ether oxygens (including phenoxy) is 1. The highest BCUT2D eigenvalue weighted by atomic mass is 16.6. The van der Waals surface area contributed by atoms with Gasteiger partial charge in [-0.3, -0.25) is 0 Å². The molecule has 0 unspecified atom stereocenters. The van der Waals surface area contributed by atoms with E-state index >= 15 is 0 Å². The number of urea groups is 1. The molecule has 5 heteroatoms. The molecule has 2 amide bonds. The van der Waals surface area contributed by atoms with Crippen molar-refractivity contribution >= 4 is 12.0 Å². The van der Waals surface area contributed by atoms with Gasteiger partial charge in [-0.1, -0.05) is 13.3 Å². The van der Waals surface area contributed by atoms with Crippen molar-refractivity contribution < 1.29 is 14.3 Å². The monoisotopic (exact) mass is 270 g/mol. The molecule has 1 heterocycles. The predicted octanol–water partition coefficient (Wildman–Crippen LogP) is 2.30. The van der Waals surface area contributed by atoms with Gasteiger partial charge in [-0.15, -0.1) is 0 Å². The van der Waals surface area contributed by atoms with Crippen LogP contribution in [0.4, 0.5) is 4.79 Å². The lowest BCUT2D eigenvalue weighted by atomic mass is 10.1. The van der Waals surface area contributed by atoms with Gasteiger partial charge >= 0.3 is 12.0 Å². The zero-order valence-corrected chi connectivity index (χ0v) is 12.5. The van der Waals surface area contributed by atoms with Crippen LogP contribution in [0.15, 0.2) is 0 Å². The molecule has 1 aliphatic heterocycles. The number of likely N-dealkylation sites (tertiary alicyclic amines) is 1. The number of amides is 2. The first-order chi connectivity index (χ1) is 8.85. The normalized spacial score (nSPS) is 19.4. The molecule has 1 rings (SSSR count). The van der Waals surface area contributed by atoms with Gasteiger partial charge in [-0.2, -0.15) is 0 Å². The Hall–Kier alpha value is -1.26. The number of esters is 1. The number of rotatable bonds is 4. The highest BCUT2D eigenvalue weighted by Gasteiger charge is 2.36. The molecule has 19 heavy (non-hydrogen) atoms. The maximum atomic E-state index is 12.1. The van der Waals surface area contributed by atoms with Crippen molar-refractivity contribution in [3.63, 3.8) is 0 Å². The van der Waals surface area contributed by atoms with Crippen LogP contribution in [0.5, 0.6) is 0 Å². The molecule has 1 N–H and O–H groups in total. The lowest BCUT2D eigenvalue weighted by Gasteiger charge is -2.27. The zero-order chi connectivity index (χ0) is 14.5. The highest BCUT2D eigenvalue weighted by molar-refractivity contribution is 5.84. The number of hydrogen-bond donors (Lipinski definition) is 1. The van der Waals surface area contributed by atoms with Crippen LogP contribution in [0.2, 0.25) is 0 Å². The molecule has 1 saturated heterocycles. The summed E-state index contributed by atoms with van der Waals surface area (Å²) in [6.45, 7) is 8.88. The van der Waals surface area contributed by atoms with Crippen LogP contribution in [-0.4, -0.2) is 41.6 Å². The maximum absolute atomic E-state index is 12.1. The minimum Gasteiger partial charge on any atom is -0.458 e. The lowest BCUT2D eigenvalue weighted by Crippen LogP contribution is -2.47. The zero-order valence-electron chi connectivity index (χ0n) is 12.5. The standard InChI is InChI=1S/C14H26N2O3/c1-5-6-9-15-13(18)16-10-7-8-11(16)12(17)19-14(2,3)4/h11H,5-10H2,1-4H3,(H,15,18)/t11-/m1/s1. The van der Waals surface area contributed by atoms with Crippen molar-refractivity contribution in [3.05, 3.63) is 0 Å². The molecule has 0 aromatic heterocycles. The van der Waals surface area contributed by atoms with Crippen molar-refractivity contribution in [1.82, 2.24) is 10.2 Å². The van der Waals surface area contributed by atoms with E-state index in [0.29, 0.717) is 19.5 Å². The number of nitrogens with one attached hydrogen (secondary N) is 1. The van der Waals surface area contributed by atoms with Crippen LogP contribution in [0.3, 0.4) is 0 Å². The summed E-state index contributed by atoms with van der Waals surface area (Å²) in [6, 6.07) is -0.581. The molecule has 1 fully saturated rings. The van der Waals surface area contributed by atoms with Crippen LogP contribution in [0.25, 0.3) is 0 Å². The number of hydrogen-bond acceptors (Lipinski definition) is 3. The van der Waals surface area contributed by atoms with Crippen LogP contribution in [0.1, 0.15) is 53.4 Å². The van der Waals surface area contributed by atoms with E-state index in [0.717, 1.165) is 19.3 Å². The summed E-state index contributed by atoms with van der Waals surface area (Å²) in [4.78, 5) is 25.7. The first-order valence-electron chi connectivity index (χ1n) is 7.12. The summed E-state index contributed by atoms with van der Waals surface area (Å²) in [5.41, 5.74) is -0.510. The number of carbonyl (C=O) groups is 2. The molecule has 5 nitrogen and oxygen atoms in total. The average Bonchev–Trinajstić information content (AvgIpc) is 2.75. The largest absolute Gasteiger partial charge is 0.458 e. The number of nitrogens with zero attached hydrogens (tertiary/aromatic N) is 1. The lowest BCUT2D eigenvalue weighted by molar-refractivity contribution is -0.159. The highest BCUT2D eigenvalue weighted by Crippen LogP contribution is 2.21. The molecule has 0 aromatic rings. The first kappa shape index (κ1) is 15.8. The third-order valence-corrected chi connectivity index (χ3v) is 3.00. The van der Waals surface area contributed by atoms with E-state index in [9.17, 15) is 9.59 Å². The molecule has 110 valence electrons. The van der Waals surface area contributed by atoms with E-state index in [4.69, 9.17) is 4.74 Å². The Bertz CT molecular complexity index is 323. The third kappa shape index (κ3) is 5.09. The summed E-state index contributed by atoms with van der Waals surface area (Å²) in [6.07, 6.45) is 3.54. The first-order valence-corrected chi connectivity index (χ1v) is 7.12. The van der Waals surface area contributed by atoms with Gasteiger partial charge in [0, 0.05) is 13.1 Å². The average molecular weight is 270 g/mol. The van der Waals surface area contributed by atoms with Gasteiger partial charge in [-0.25, -0.2) is 9.59 Å². The second-order valence-corrected chi connectivity index (χ2v) is 5.97. The summed E-state index contributed by atoms with van der Waals surface area (Å²) >= 11 is 0. The van der Waals surface area contributed by atoms with Crippen LogP contribution in [-0.2, 0) is 9.53 Å². The fourth-order valence-corrected chi connectivity index (χ4v) is 2.10. The van der Waals surface area contributed by atoms with Gasteiger partial charge in [-0.05, 0) is 40.0 Å². The Morgan fingerprint density at radius 2 is 2.05 bits per heavy atom. The molecule has 0 aliphatic carbocycles. The van der Waals surface area contributed by atoms with Crippen LogP contribution >= 0.6 is 0 Å². The fourth-order valence-electron chi connectivity index (χ4n) is 2.10. The topological polar surface area (TPSA) is 58.6 Å². The van der Waals surface area contributed by atoms with E-state index in [2.05, 4.69) is 12.2 Å². The number of carbonyl (C=O) groups excluding carboxylic acids is 2. The van der Waals surface area contributed by atoms with E-state index in [-0.39, 0.29) is 12.0 Å². The molecule has 0 spiro atoms. The van der Waals surface area contributed by atoms with Gasteiger partial charge in [0.1, 0.15) is 11.6 Å². The molecule has 1 aliphatic rings. The van der Waals surface area contributed by atoms with Gasteiger partial charge in [0.15, 0.2) is 0 Å². The van der Waals surface area contributed by atoms with Crippen molar-refractivity contribution in [2.75, 3.05) is 13.1 Å². The summed E-state index contributed by atoms with van der Waals surface area (Å²) in [5, 5.41) is 2.85. The minimum absolute atomic E-state index is 0.151. The Kier molecular flexibility index (Phi) is 5.63. The van der Waals surface area contributed by atoms with Crippen LogP contribution in [0, 0.1) is 0 Å². The summed E-state index contributed by atoms with van der Waals surface area (Å²) < 4.78 is 5.37. The van der Waals surface area contributed by atoms with Gasteiger partial charge in [0.25, 0.3) is 0 Å². The van der Waals surface area contributed by atoms with Crippen LogP contribution < -0.4 is 5.32 Å². The quantitative estimate of drug-likeness (QED) is 0.630. The molecule has 0 radical (unpaired) electrons. The second kappa shape index (κ2) is 6.78. The number of unbranched alkanes of at least 4 members (excludes halogenated alkanes) is 1. The van der Waals surface area contributed by atoms with Gasteiger partial charge in [0.2, 0.25) is 0 Å². The Morgan fingerprint density at radius 1 is 1.37 bits per heavy atom. The molecule has 0 aromatic carbocycles. The van der Waals surface area contributed by atoms with Gasteiger partial charge < -0.3 is 15.0 Å². The Balaban J connectivity index is 2.53. The maximum Gasteiger partial charge on any atom is 0.329 e. The van der Waals surface area contributed by atoms with E-state index in [1.54, 1.807) is 4.90 Å². The summed E-state index contributed by atoms with van der Waals surface area (Å²) in [7, 11) is 0. The minimum atomic E-state index is -0.510. The predicted molar refractivity (Wildman–Crippen MR) is 73.9 cm³/mol. The second-order valence-electron chi connectivity index (χ2n) is 5.97. The van der Waals surface area contributed by atoms with Crippen molar-refractivity contribution in [1.29, 1.82) is 0 Å². The molecule has 0 bridgehead atoms. The SMILES string of the molecule is CCCCNC(=O)N1CCC[C@@H]1C(=O)OC(C)(C)C. The van der Waals surface area contributed by atoms with E-state index in [1.165, 1.54) is 0 Å². The summed E-state index contributed by atoms with van der Waals surface area (Å²) in [5.74, 6) is -0.296. The fraction of sp³-hybridized carbons (Fsp3) is 0.857. The van der Waals surface area contributed by atoms with Crippen molar-refractivity contribution in [2.45, 2.75) is 65.0 Å². The van der Waals surface area contributed by atoms with Crippen molar-refractivity contribution in [2.24, 2.45) is 0 Å². The van der Waals surface area contributed by atoms with Gasteiger partial charge in [0.05, 0.1) is 0 Å². The Morgan fingerprint density at radius 3 is 2.63 bits per heavy atom. The molecular weight excluding hydrogens is 244 g/mol. The smallest absolute Gasteiger partial charge is 0.329 e. The van der Waals surface area contributed by atoms with E-state index in [1.807, 2.05) is 20.8 Å². The molecule has 0 saturated carbocycles. The Labute approximate surface area is 115 Å².